The van der Waals surface area contributed by atoms with E-state index >= 15 is 0 Å². The minimum absolute atomic E-state index is 0.336. The van der Waals surface area contributed by atoms with Gasteiger partial charge in [0.25, 0.3) is 17.6 Å². The van der Waals surface area contributed by atoms with E-state index in [0.717, 1.165) is 0 Å². The predicted molar refractivity (Wildman–Crippen MR) is 68.0 cm³/mol. The van der Waals surface area contributed by atoms with Gasteiger partial charge in [0.2, 0.25) is 5.82 Å². The average Bonchev–Trinajstić information content (AvgIpc) is 3.06. The molecule has 1 N–H and O–H groups in total. The van der Waals surface area contributed by atoms with Crippen molar-refractivity contribution in [2.75, 3.05) is 26.3 Å². The molecular weight excluding hydrogens is 319 g/mol. The summed E-state index contributed by atoms with van der Waals surface area (Å²) >= 11 is 0. The van der Waals surface area contributed by atoms with E-state index in [0.29, 0.717) is 32.4 Å². The van der Waals surface area contributed by atoms with Crippen LogP contribution in [0.15, 0.2) is 10.6 Å². The van der Waals surface area contributed by atoms with E-state index in [1.807, 2.05) is 0 Å². The maximum absolute atomic E-state index is 13.8. The Morgan fingerprint density at radius 3 is 2.61 bits per heavy atom. The maximum atomic E-state index is 13.8. The molecular formula is C13H10F3N3O4. The molecule has 1 aliphatic rings. The Kier molecular flexibility index (Phi) is 3.90. The molecule has 7 nitrogen and oxygen atoms in total. The number of hydrogen-bond donors (Lipinski definition) is 1. The van der Waals surface area contributed by atoms with Gasteiger partial charge < -0.3 is 19.3 Å². The van der Waals surface area contributed by atoms with Gasteiger partial charge in [-0.2, -0.15) is 9.37 Å². The summed E-state index contributed by atoms with van der Waals surface area (Å²) in [6.07, 6.45) is 0. The SMILES string of the molecule is O=C(c1noc(-c2cc(F)c(F)c(O)c2F)n1)N1CCOCC1. The molecule has 2 aromatic rings. The molecule has 122 valence electrons. The fourth-order valence-corrected chi connectivity index (χ4v) is 2.07. The lowest BCUT2D eigenvalue weighted by molar-refractivity contribution is 0.0293. The highest BCUT2D eigenvalue weighted by molar-refractivity contribution is 5.90. The van der Waals surface area contributed by atoms with Crippen molar-refractivity contribution in [3.8, 4) is 17.2 Å². The molecule has 0 saturated carbocycles. The fourth-order valence-electron chi connectivity index (χ4n) is 2.07. The first-order valence-electron chi connectivity index (χ1n) is 6.56. The van der Waals surface area contributed by atoms with E-state index < -0.39 is 40.6 Å². The largest absolute Gasteiger partial charge is 0.503 e. The Labute approximate surface area is 127 Å². The van der Waals surface area contributed by atoms with E-state index in [9.17, 15) is 23.1 Å². The molecule has 1 fully saturated rings. The number of benzene rings is 1. The number of amides is 1. The van der Waals surface area contributed by atoms with Crippen LogP contribution in [0.4, 0.5) is 13.2 Å². The number of rotatable bonds is 2. The van der Waals surface area contributed by atoms with Gasteiger partial charge in [-0.25, -0.2) is 8.78 Å². The van der Waals surface area contributed by atoms with Crippen LogP contribution in [0.2, 0.25) is 0 Å². The summed E-state index contributed by atoms with van der Waals surface area (Å²) in [5.74, 6) is -7.64. The number of phenolic OH excluding ortho intramolecular Hbond substituents is 1. The molecule has 0 aliphatic carbocycles. The van der Waals surface area contributed by atoms with E-state index in [2.05, 4.69) is 10.1 Å². The zero-order valence-electron chi connectivity index (χ0n) is 11.6. The summed E-state index contributed by atoms with van der Waals surface area (Å²) in [6, 6.07) is 0.459. The summed E-state index contributed by atoms with van der Waals surface area (Å²) in [7, 11) is 0. The highest BCUT2D eigenvalue weighted by Crippen LogP contribution is 2.31. The molecule has 1 aliphatic heterocycles. The second-order valence-electron chi connectivity index (χ2n) is 4.71. The molecule has 1 aromatic carbocycles. The van der Waals surface area contributed by atoms with Crippen molar-refractivity contribution in [3.63, 3.8) is 0 Å². The van der Waals surface area contributed by atoms with Crippen LogP contribution in [0, 0.1) is 17.5 Å². The number of halogens is 3. The molecule has 1 amide bonds. The van der Waals surface area contributed by atoms with Gasteiger partial charge >= 0.3 is 0 Å². The van der Waals surface area contributed by atoms with E-state index in [1.54, 1.807) is 0 Å². The Balaban J connectivity index is 1.92. The number of hydrogen-bond acceptors (Lipinski definition) is 6. The Hall–Kier alpha value is -2.62. The smallest absolute Gasteiger partial charge is 0.295 e. The van der Waals surface area contributed by atoms with Crippen LogP contribution < -0.4 is 0 Å². The van der Waals surface area contributed by atoms with Gasteiger partial charge in [0.05, 0.1) is 18.8 Å². The van der Waals surface area contributed by atoms with Crippen molar-refractivity contribution in [2.45, 2.75) is 0 Å². The van der Waals surface area contributed by atoms with Gasteiger partial charge in [0.15, 0.2) is 17.4 Å². The van der Waals surface area contributed by atoms with Gasteiger partial charge in [-0.3, -0.25) is 4.79 Å². The third kappa shape index (κ3) is 2.72. The summed E-state index contributed by atoms with van der Waals surface area (Å²) < 4.78 is 50.0. The van der Waals surface area contributed by atoms with Crippen molar-refractivity contribution in [3.05, 3.63) is 29.3 Å². The van der Waals surface area contributed by atoms with Crippen molar-refractivity contribution in [1.82, 2.24) is 15.0 Å². The van der Waals surface area contributed by atoms with Gasteiger partial charge in [0, 0.05) is 13.1 Å². The first kappa shape index (κ1) is 15.3. The molecule has 23 heavy (non-hydrogen) atoms. The zero-order chi connectivity index (χ0) is 16.6. The molecule has 10 heteroatoms. The standard InChI is InChI=1S/C13H10F3N3O4/c14-7-5-6(8(15)10(20)9(7)16)12-17-11(18-23-12)13(21)19-1-3-22-4-2-19/h5,20H,1-4H2. The van der Waals surface area contributed by atoms with Gasteiger partial charge in [0.1, 0.15) is 0 Å². The number of aromatic hydroxyl groups is 1. The highest BCUT2D eigenvalue weighted by atomic mass is 19.2. The molecule has 0 atom stereocenters. The van der Waals surface area contributed by atoms with Crippen LogP contribution in [0.3, 0.4) is 0 Å². The zero-order valence-corrected chi connectivity index (χ0v) is 11.6. The third-order valence-electron chi connectivity index (χ3n) is 3.28. The van der Waals surface area contributed by atoms with Crippen LogP contribution in [0.25, 0.3) is 11.5 Å². The van der Waals surface area contributed by atoms with E-state index in [1.165, 1.54) is 4.90 Å². The molecule has 0 bridgehead atoms. The molecule has 0 unspecified atom stereocenters. The average molecular weight is 329 g/mol. The number of ether oxygens (including phenoxy) is 1. The highest BCUT2D eigenvalue weighted by Gasteiger charge is 2.27. The Bertz CT molecular complexity index is 759. The number of aromatic nitrogens is 2. The molecule has 0 radical (unpaired) electrons. The molecule has 2 heterocycles. The summed E-state index contributed by atoms with van der Waals surface area (Å²) in [6.45, 7) is 1.40. The third-order valence-corrected chi connectivity index (χ3v) is 3.28. The number of phenols is 1. The lowest BCUT2D eigenvalue weighted by Gasteiger charge is -2.25. The van der Waals surface area contributed by atoms with Crippen molar-refractivity contribution in [1.29, 1.82) is 0 Å². The molecule has 3 rings (SSSR count). The number of morpholine rings is 1. The number of nitrogens with zero attached hydrogens (tertiary/aromatic N) is 3. The van der Waals surface area contributed by atoms with E-state index in [-0.39, 0.29) is 5.82 Å². The fraction of sp³-hybridized carbons (Fsp3) is 0.308. The first-order chi connectivity index (χ1) is 11.0. The normalized spacial score (nSPS) is 15.0. The topological polar surface area (TPSA) is 88.7 Å². The van der Waals surface area contributed by atoms with Crippen molar-refractivity contribution in [2.24, 2.45) is 0 Å². The quantitative estimate of drug-likeness (QED) is 0.836. The van der Waals surface area contributed by atoms with Gasteiger partial charge in [-0.15, -0.1) is 0 Å². The molecule has 0 spiro atoms. The second kappa shape index (κ2) is 5.88. The minimum Gasteiger partial charge on any atom is -0.503 e. The number of carbonyl (C=O) groups is 1. The van der Waals surface area contributed by atoms with Gasteiger partial charge in [-0.05, 0) is 6.07 Å². The predicted octanol–water partition coefficient (Wildman–Crippen LogP) is 1.33. The Morgan fingerprint density at radius 2 is 1.91 bits per heavy atom. The van der Waals surface area contributed by atoms with Crippen LogP contribution in [-0.4, -0.2) is 52.4 Å². The van der Waals surface area contributed by atoms with Crippen molar-refractivity contribution < 1.29 is 32.3 Å². The maximum Gasteiger partial charge on any atom is 0.295 e. The monoisotopic (exact) mass is 329 g/mol. The first-order valence-corrected chi connectivity index (χ1v) is 6.56. The minimum atomic E-state index is -1.73. The summed E-state index contributed by atoms with van der Waals surface area (Å²) in [5.41, 5.74) is -0.644. The van der Waals surface area contributed by atoms with Crippen molar-refractivity contribution >= 4 is 5.91 Å². The summed E-state index contributed by atoms with van der Waals surface area (Å²) in [5, 5.41) is 12.6. The van der Waals surface area contributed by atoms with Crippen LogP contribution in [-0.2, 0) is 4.74 Å². The lowest BCUT2D eigenvalue weighted by atomic mass is 10.2. The molecule has 1 aromatic heterocycles. The number of carbonyl (C=O) groups excluding carboxylic acids is 1. The second-order valence-corrected chi connectivity index (χ2v) is 4.71. The van der Waals surface area contributed by atoms with E-state index in [4.69, 9.17) is 9.26 Å². The molecule has 1 saturated heterocycles. The lowest BCUT2D eigenvalue weighted by Crippen LogP contribution is -2.41. The van der Waals surface area contributed by atoms with Crippen LogP contribution in [0.5, 0.6) is 5.75 Å². The van der Waals surface area contributed by atoms with Crippen LogP contribution >= 0.6 is 0 Å². The van der Waals surface area contributed by atoms with Crippen LogP contribution in [0.1, 0.15) is 10.6 Å². The summed E-state index contributed by atoms with van der Waals surface area (Å²) in [4.78, 5) is 17.2. The Morgan fingerprint density at radius 1 is 1.22 bits per heavy atom. The van der Waals surface area contributed by atoms with Gasteiger partial charge in [-0.1, -0.05) is 5.16 Å².